The van der Waals surface area contributed by atoms with E-state index in [4.69, 9.17) is 29.1 Å². The van der Waals surface area contributed by atoms with Crippen molar-refractivity contribution in [1.29, 1.82) is 0 Å². The summed E-state index contributed by atoms with van der Waals surface area (Å²) in [5.74, 6) is 0. The second kappa shape index (κ2) is 11.8. The SMILES string of the molecule is [2H]c1c([2H])c([2H])c(-c2c([2H])c([2H])c(N(c3c([2H])c([2H])c(-c4c([2H])c([2H])c([2H])c([2H])c4[2H])c([2H])c3[2H])c3c([2H])c([2H])c(-c4c([2H])c([2H])c([2H])c5oc6c7c([2H])c([2H])c([2H])c([2H])c7c([2H])c([2H])c6c45)c([2H])c3[2H])c([2H])c2[2H])c([2H])c1[2H]. The van der Waals surface area contributed by atoms with Gasteiger partial charge in [0.15, 0.2) is 0 Å². The van der Waals surface area contributed by atoms with Gasteiger partial charge in [0, 0.05) is 33.2 Å². The lowest BCUT2D eigenvalue weighted by molar-refractivity contribution is 0.673. The first kappa shape index (κ1) is 10.6. The third-order valence-electron chi connectivity index (χ3n) is 7.01. The first-order valence-electron chi connectivity index (χ1n) is 29.3. The summed E-state index contributed by atoms with van der Waals surface area (Å²) in [6, 6.07) is -32.0. The van der Waals surface area contributed by atoms with Crippen LogP contribution in [0.25, 0.3) is 66.1 Å². The molecule has 2 nitrogen and oxygen atoms in total. The normalized spacial score (nSPS) is 20.4. The van der Waals surface area contributed by atoms with Gasteiger partial charge in [-0.3, -0.25) is 0 Å². The van der Waals surface area contributed by atoms with Crippen LogP contribution in [0, 0.1) is 0 Å². The van der Waals surface area contributed by atoms with Crippen molar-refractivity contribution in [1.82, 2.24) is 0 Å². The van der Waals surface area contributed by atoms with Crippen LogP contribution in [0.2, 0.25) is 0 Å². The second-order valence-corrected chi connectivity index (χ2v) is 9.77. The number of anilines is 3. The quantitative estimate of drug-likeness (QED) is 0.179. The van der Waals surface area contributed by atoms with Crippen LogP contribution in [0.4, 0.5) is 17.1 Å². The Bertz CT molecular complexity index is 4060. The molecule has 2 heteroatoms. The van der Waals surface area contributed by atoms with Crippen LogP contribution in [0.15, 0.2) is 192 Å². The third kappa shape index (κ3) is 4.92. The zero-order valence-electron chi connectivity index (χ0n) is 54.9. The highest BCUT2D eigenvalue weighted by Crippen LogP contribution is 2.41. The van der Waals surface area contributed by atoms with Crippen molar-refractivity contribution in [2.24, 2.45) is 0 Å². The second-order valence-electron chi connectivity index (χ2n) is 9.77. The average Bonchev–Trinajstić information content (AvgIpc) is 4.11. The molecule has 0 aliphatic carbocycles. The first-order valence-corrected chi connectivity index (χ1v) is 13.8. The number of fused-ring (bicyclic) bond motifs is 5. The molecule has 9 aromatic rings. The molecule has 0 N–H and O–H groups in total. The fourth-order valence-corrected chi connectivity index (χ4v) is 4.87. The molecular formula is C46H31NO. The van der Waals surface area contributed by atoms with Gasteiger partial charge in [0.05, 0.1) is 42.5 Å². The highest BCUT2D eigenvalue weighted by atomic mass is 16.3. The summed E-state index contributed by atoms with van der Waals surface area (Å²) < 4.78 is 281. The summed E-state index contributed by atoms with van der Waals surface area (Å²) in [6.45, 7) is 0. The van der Waals surface area contributed by atoms with Crippen molar-refractivity contribution in [2.75, 3.05) is 4.90 Å². The third-order valence-corrected chi connectivity index (χ3v) is 7.01. The molecule has 9 rings (SSSR count). The van der Waals surface area contributed by atoms with Gasteiger partial charge in [-0.25, -0.2) is 0 Å². The van der Waals surface area contributed by atoms with Crippen molar-refractivity contribution in [3.05, 3.63) is 187 Å². The summed E-state index contributed by atoms with van der Waals surface area (Å²) in [5.41, 5.74) is -9.93. The zero-order valence-corrected chi connectivity index (χ0v) is 23.9. The van der Waals surface area contributed by atoms with E-state index in [1.807, 2.05) is 0 Å². The summed E-state index contributed by atoms with van der Waals surface area (Å²) in [5, 5.41) is -2.05. The fourth-order valence-electron chi connectivity index (χ4n) is 4.87. The predicted molar refractivity (Wildman–Crippen MR) is 202 cm³/mol. The standard InChI is InChI=1S/C46H31NO/c1-3-10-32(11-4-1)34-18-25-38(26-19-34)47(39-27-20-35(21-28-39)33-12-5-2-6-13-33)40-29-22-37(23-30-40)41-16-9-17-44-45(41)43-31-24-36-14-7-8-15-42(36)46(43)48-44/h1-31H/i1D,2D,3D,4D,5D,6D,7D,8D,9D,10D,11D,12D,13D,14D,15D,16D,17D,18D,19D,20D,21D,22D,23D,24D,25D,26D,27D,28D,29D,30D,31D. The molecule has 0 amide bonds. The van der Waals surface area contributed by atoms with E-state index in [0.717, 1.165) is 0 Å². The van der Waals surface area contributed by atoms with Gasteiger partial charge in [0.2, 0.25) is 0 Å². The number of rotatable bonds is 6. The average molecular weight is 645 g/mol. The number of nitrogens with zero attached hydrogens (tertiary/aromatic N) is 1. The van der Waals surface area contributed by atoms with Crippen LogP contribution < -0.4 is 4.90 Å². The van der Waals surface area contributed by atoms with E-state index in [9.17, 15) is 17.8 Å². The van der Waals surface area contributed by atoms with Crippen LogP contribution >= 0.6 is 0 Å². The zero-order chi connectivity index (χ0) is 58.8. The minimum atomic E-state index is -1.30. The Hall–Kier alpha value is -6.38. The van der Waals surface area contributed by atoms with Gasteiger partial charge in [-0.1, -0.05) is 139 Å². The Morgan fingerprint density at radius 2 is 0.875 bits per heavy atom. The smallest absolute Gasteiger partial charge is 0.143 e. The molecule has 0 saturated heterocycles. The lowest BCUT2D eigenvalue weighted by Gasteiger charge is -2.26. The molecule has 0 atom stereocenters. The molecule has 0 bridgehead atoms. The van der Waals surface area contributed by atoms with E-state index in [1.54, 1.807) is 0 Å². The Morgan fingerprint density at radius 3 is 1.46 bits per heavy atom. The van der Waals surface area contributed by atoms with Crippen LogP contribution in [-0.4, -0.2) is 0 Å². The van der Waals surface area contributed by atoms with Crippen molar-refractivity contribution < 1.29 is 46.9 Å². The summed E-state index contributed by atoms with van der Waals surface area (Å²) in [7, 11) is 0. The van der Waals surface area contributed by atoms with Crippen molar-refractivity contribution in [3.8, 4) is 33.4 Å². The molecule has 0 saturated carbocycles. The maximum atomic E-state index is 9.63. The van der Waals surface area contributed by atoms with Crippen LogP contribution in [0.3, 0.4) is 0 Å². The molecule has 1 aromatic heterocycles. The number of furan rings is 1. The molecule has 0 spiro atoms. The molecule has 0 unspecified atom stereocenters. The summed E-state index contributed by atoms with van der Waals surface area (Å²) >= 11 is 0. The monoisotopic (exact) mass is 644 g/mol. The lowest BCUT2D eigenvalue weighted by atomic mass is 9.98. The van der Waals surface area contributed by atoms with E-state index in [1.165, 1.54) is 0 Å². The van der Waals surface area contributed by atoms with E-state index >= 15 is 0 Å². The van der Waals surface area contributed by atoms with Gasteiger partial charge in [0.1, 0.15) is 11.2 Å². The molecule has 0 aliphatic rings. The largest absolute Gasteiger partial charge is 0.455 e. The van der Waals surface area contributed by atoms with Gasteiger partial charge < -0.3 is 9.32 Å². The summed E-state index contributed by atoms with van der Waals surface area (Å²) in [4.78, 5) is 0.282. The van der Waals surface area contributed by atoms with E-state index in [0.29, 0.717) is 0 Å². The van der Waals surface area contributed by atoms with Crippen molar-refractivity contribution in [2.45, 2.75) is 0 Å². The molecule has 8 aromatic carbocycles. The van der Waals surface area contributed by atoms with Gasteiger partial charge in [0.25, 0.3) is 0 Å². The van der Waals surface area contributed by atoms with E-state index in [-0.39, 0.29) is 4.90 Å². The van der Waals surface area contributed by atoms with Gasteiger partial charge in [-0.05, 0) is 87.1 Å². The highest BCUT2D eigenvalue weighted by Gasteiger charge is 2.17. The minimum absolute atomic E-state index is 0.282. The summed E-state index contributed by atoms with van der Waals surface area (Å²) in [6.07, 6.45) is 0. The topological polar surface area (TPSA) is 16.4 Å². The maximum Gasteiger partial charge on any atom is 0.143 e. The van der Waals surface area contributed by atoms with Gasteiger partial charge in [-0.2, -0.15) is 0 Å². The molecule has 1 heterocycles. The van der Waals surface area contributed by atoms with E-state index in [2.05, 4.69) is 0 Å². The predicted octanol–water partition coefficient (Wildman–Crippen LogP) is 13.2. The Labute approximate surface area is 323 Å². The van der Waals surface area contributed by atoms with Crippen LogP contribution in [-0.2, 0) is 0 Å². The van der Waals surface area contributed by atoms with Gasteiger partial charge in [-0.15, -0.1) is 0 Å². The molecule has 226 valence electrons. The van der Waals surface area contributed by atoms with Crippen LogP contribution in [0.1, 0.15) is 42.5 Å². The Balaban J connectivity index is 1.46. The lowest BCUT2D eigenvalue weighted by Crippen LogP contribution is -2.09. The van der Waals surface area contributed by atoms with Crippen molar-refractivity contribution in [3.63, 3.8) is 0 Å². The van der Waals surface area contributed by atoms with E-state index < -0.39 is 270 Å². The molecule has 0 fully saturated rings. The molecule has 0 aliphatic heterocycles. The fraction of sp³-hybridized carbons (Fsp3) is 0. The highest BCUT2D eigenvalue weighted by molar-refractivity contribution is 6.19. The molecule has 48 heavy (non-hydrogen) atoms. The van der Waals surface area contributed by atoms with Crippen LogP contribution in [0.5, 0.6) is 0 Å². The first-order chi connectivity index (χ1) is 36.7. The number of hydrogen-bond acceptors (Lipinski definition) is 2. The number of hydrogen-bond donors (Lipinski definition) is 0. The Morgan fingerprint density at radius 1 is 0.375 bits per heavy atom. The maximum absolute atomic E-state index is 9.63. The number of benzene rings is 8. The van der Waals surface area contributed by atoms with Crippen molar-refractivity contribution >= 4 is 49.8 Å². The molecular weight excluding hydrogens is 583 g/mol. The molecule has 0 radical (unpaired) electrons. The van der Waals surface area contributed by atoms with Gasteiger partial charge >= 0.3 is 0 Å². The Kier molecular flexibility index (Phi) is 2.59. The minimum Gasteiger partial charge on any atom is -0.455 e.